The van der Waals surface area contributed by atoms with Crippen molar-refractivity contribution in [1.29, 1.82) is 0 Å². The summed E-state index contributed by atoms with van der Waals surface area (Å²) in [6.07, 6.45) is 2.92. The summed E-state index contributed by atoms with van der Waals surface area (Å²) in [5.74, 6) is -0.179. The predicted octanol–water partition coefficient (Wildman–Crippen LogP) is 2.12. The lowest BCUT2D eigenvalue weighted by molar-refractivity contribution is -0.00266. The van der Waals surface area contributed by atoms with Crippen molar-refractivity contribution < 1.29 is 9.13 Å². The molecular weight excluding hydrogens is 205 g/mol. The Labute approximate surface area is 95.6 Å². The van der Waals surface area contributed by atoms with E-state index in [1.807, 2.05) is 6.07 Å². The molecule has 0 aromatic heterocycles. The van der Waals surface area contributed by atoms with Gasteiger partial charge in [0.25, 0.3) is 0 Å². The summed E-state index contributed by atoms with van der Waals surface area (Å²) in [5, 5.41) is 0. The Kier molecular flexibility index (Phi) is 3.56. The summed E-state index contributed by atoms with van der Waals surface area (Å²) in [4.78, 5) is 0. The summed E-state index contributed by atoms with van der Waals surface area (Å²) >= 11 is 0. The summed E-state index contributed by atoms with van der Waals surface area (Å²) in [6, 6.07) is 6.76. The largest absolute Gasteiger partial charge is 0.381 e. The van der Waals surface area contributed by atoms with Crippen molar-refractivity contribution in [3.05, 3.63) is 35.6 Å². The van der Waals surface area contributed by atoms with Gasteiger partial charge in [0, 0.05) is 18.6 Å². The van der Waals surface area contributed by atoms with Crippen LogP contribution in [-0.2, 0) is 11.2 Å². The van der Waals surface area contributed by atoms with Gasteiger partial charge in [-0.25, -0.2) is 4.39 Å². The van der Waals surface area contributed by atoms with Gasteiger partial charge in [-0.2, -0.15) is 0 Å². The zero-order chi connectivity index (χ0) is 11.4. The van der Waals surface area contributed by atoms with E-state index in [4.69, 9.17) is 10.5 Å². The lowest BCUT2D eigenvalue weighted by Crippen LogP contribution is -2.40. The average Bonchev–Trinajstić information content (AvgIpc) is 2.30. The first-order valence-electron chi connectivity index (χ1n) is 5.76. The van der Waals surface area contributed by atoms with E-state index in [2.05, 4.69) is 0 Å². The first-order chi connectivity index (χ1) is 7.74. The van der Waals surface area contributed by atoms with Gasteiger partial charge in [-0.1, -0.05) is 12.1 Å². The Morgan fingerprint density at radius 2 is 2.31 bits per heavy atom. The van der Waals surface area contributed by atoms with E-state index in [-0.39, 0.29) is 11.2 Å². The highest BCUT2D eigenvalue weighted by molar-refractivity contribution is 5.18. The van der Waals surface area contributed by atoms with Crippen molar-refractivity contribution in [3.8, 4) is 0 Å². The maximum Gasteiger partial charge on any atom is 0.123 e. The summed E-state index contributed by atoms with van der Waals surface area (Å²) in [6.45, 7) is 2.12. The molecular formula is C13H18FNO. The van der Waals surface area contributed by atoms with Crippen LogP contribution >= 0.6 is 0 Å². The van der Waals surface area contributed by atoms with E-state index in [0.29, 0.717) is 13.2 Å². The normalized spacial score (nSPS) is 25.6. The average molecular weight is 223 g/mol. The molecule has 0 saturated carbocycles. The summed E-state index contributed by atoms with van der Waals surface area (Å²) in [5.41, 5.74) is 6.87. The van der Waals surface area contributed by atoms with E-state index >= 15 is 0 Å². The monoisotopic (exact) mass is 223 g/mol. The minimum absolute atomic E-state index is 0.00600. The van der Waals surface area contributed by atoms with Crippen LogP contribution in [0.3, 0.4) is 0 Å². The van der Waals surface area contributed by atoms with E-state index in [1.165, 1.54) is 6.07 Å². The Bertz CT molecular complexity index is 348. The number of halogens is 1. The zero-order valence-corrected chi connectivity index (χ0v) is 9.42. The van der Waals surface area contributed by atoms with Gasteiger partial charge in [0.1, 0.15) is 5.82 Å². The van der Waals surface area contributed by atoms with E-state index in [9.17, 15) is 4.39 Å². The molecule has 0 amide bonds. The van der Waals surface area contributed by atoms with Gasteiger partial charge in [0.2, 0.25) is 0 Å². The molecule has 1 aromatic rings. The second-order valence-electron chi connectivity index (χ2n) is 4.67. The number of nitrogens with two attached hydrogens (primary N) is 1. The predicted molar refractivity (Wildman–Crippen MR) is 61.6 cm³/mol. The van der Waals surface area contributed by atoms with Crippen molar-refractivity contribution in [3.63, 3.8) is 0 Å². The van der Waals surface area contributed by atoms with Gasteiger partial charge in [-0.15, -0.1) is 0 Å². The Morgan fingerprint density at radius 1 is 1.44 bits per heavy atom. The van der Waals surface area contributed by atoms with Crippen LogP contribution in [0.5, 0.6) is 0 Å². The van der Waals surface area contributed by atoms with Crippen molar-refractivity contribution in [1.82, 2.24) is 0 Å². The molecule has 1 aliphatic heterocycles. The highest BCUT2D eigenvalue weighted by Crippen LogP contribution is 2.31. The van der Waals surface area contributed by atoms with Crippen molar-refractivity contribution in [2.75, 3.05) is 19.8 Å². The van der Waals surface area contributed by atoms with Crippen molar-refractivity contribution >= 4 is 0 Å². The fourth-order valence-electron chi connectivity index (χ4n) is 2.36. The molecule has 1 fully saturated rings. The number of ether oxygens (including phenoxy) is 1. The van der Waals surface area contributed by atoms with Gasteiger partial charge in [0.15, 0.2) is 0 Å². The summed E-state index contributed by atoms with van der Waals surface area (Å²) in [7, 11) is 0. The van der Waals surface area contributed by atoms with Crippen molar-refractivity contribution in [2.45, 2.75) is 19.3 Å². The van der Waals surface area contributed by atoms with Crippen LogP contribution in [0.15, 0.2) is 24.3 Å². The third-order valence-electron chi connectivity index (χ3n) is 3.31. The topological polar surface area (TPSA) is 35.2 Å². The second-order valence-corrected chi connectivity index (χ2v) is 4.67. The zero-order valence-electron chi connectivity index (χ0n) is 9.42. The standard InChI is InChI=1S/C13H18FNO/c14-12-4-1-3-11(7-12)8-13(9-15)5-2-6-16-10-13/h1,3-4,7H,2,5-6,8-10,15H2. The molecule has 1 aliphatic rings. The van der Waals surface area contributed by atoms with Crippen LogP contribution in [-0.4, -0.2) is 19.8 Å². The SMILES string of the molecule is NCC1(Cc2cccc(F)c2)CCCOC1. The molecule has 1 atom stereocenters. The Balaban J connectivity index is 2.11. The molecule has 1 saturated heterocycles. The lowest BCUT2D eigenvalue weighted by Gasteiger charge is -2.36. The van der Waals surface area contributed by atoms with Crippen LogP contribution in [0.1, 0.15) is 18.4 Å². The molecule has 0 bridgehead atoms. The van der Waals surface area contributed by atoms with Crippen molar-refractivity contribution in [2.24, 2.45) is 11.1 Å². The molecule has 0 spiro atoms. The lowest BCUT2D eigenvalue weighted by atomic mass is 9.77. The molecule has 1 heterocycles. The van der Waals surface area contributed by atoms with Gasteiger partial charge in [-0.3, -0.25) is 0 Å². The third kappa shape index (κ3) is 2.60. The minimum Gasteiger partial charge on any atom is -0.381 e. The maximum absolute atomic E-state index is 13.1. The van der Waals surface area contributed by atoms with Gasteiger partial charge < -0.3 is 10.5 Å². The molecule has 88 valence electrons. The highest BCUT2D eigenvalue weighted by atomic mass is 19.1. The second kappa shape index (κ2) is 4.93. The number of benzene rings is 1. The van der Waals surface area contributed by atoms with Crippen LogP contribution in [0.4, 0.5) is 4.39 Å². The van der Waals surface area contributed by atoms with E-state index < -0.39 is 0 Å². The molecule has 0 radical (unpaired) electrons. The van der Waals surface area contributed by atoms with E-state index in [1.54, 1.807) is 12.1 Å². The van der Waals surface area contributed by atoms with Gasteiger partial charge in [-0.05, 0) is 37.0 Å². The Hall–Kier alpha value is -0.930. The molecule has 1 unspecified atom stereocenters. The fraction of sp³-hybridized carbons (Fsp3) is 0.538. The highest BCUT2D eigenvalue weighted by Gasteiger charge is 2.31. The first kappa shape index (κ1) is 11.6. The Morgan fingerprint density at radius 3 is 2.94 bits per heavy atom. The molecule has 2 rings (SSSR count). The molecule has 0 aliphatic carbocycles. The van der Waals surface area contributed by atoms with E-state index in [0.717, 1.165) is 31.4 Å². The third-order valence-corrected chi connectivity index (χ3v) is 3.31. The van der Waals surface area contributed by atoms with Crippen LogP contribution < -0.4 is 5.73 Å². The number of rotatable bonds is 3. The smallest absolute Gasteiger partial charge is 0.123 e. The van der Waals surface area contributed by atoms with Gasteiger partial charge in [0.05, 0.1) is 6.61 Å². The first-order valence-corrected chi connectivity index (χ1v) is 5.76. The minimum atomic E-state index is -0.179. The molecule has 16 heavy (non-hydrogen) atoms. The van der Waals surface area contributed by atoms with Crippen LogP contribution in [0.25, 0.3) is 0 Å². The molecule has 2 N–H and O–H groups in total. The maximum atomic E-state index is 13.1. The van der Waals surface area contributed by atoms with Crippen LogP contribution in [0, 0.1) is 11.2 Å². The quantitative estimate of drug-likeness (QED) is 0.852. The summed E-state index contributed by atoms with van der Waals surface area (Å²) < 4.78 is 18.6. The fourth-order valence-corrected chi connectivity index (χ4v) is 2.36. The van der Waals surface area contributed by atoms with Crippen LogP contribution in [0.2, 0.25) is 0 Å². The number of hydrogen-bond donors (Lipinski definition) is 1. The molecule has 3 heteroatoms. The number of hydrogen-bond acceptors (Lipinski definition) is 2. The van der Waals surface area contributed by atoms with Gasteiger partial charge >= 0.3 is 0 Å². The molecule has 2 nitrogen and oxygen atoms in total. The molecule has 1 aromatic carbocycles.